The summed E-state index contributed by atoms with van der Waals surface area (Å²) >= 11 is 1.25. The van der Waals surface area contributed by atoms with E-state index in [-0.39, 0.29) is 24.2 Å². The quantitative estimate of drug-likeness (QED) is 0.543. The Hall–Kier alpha value is -0.980. The number of thioether (sulfide) groups is 1. The SMILES string of the molecule is CC(C)Oc1cc(SCC(O)CO)c(N)cc1F. The summed E-state index contributed by atoms with van der Waals surface area (Å²) in [7, 11) is 0. The van der Waals surface area contributed by atoms with Gasteiger partial charge in [-0.15, -0.1) is 11.8 Å². The van der Waals surface area contributed by atoms with Crippen LogP contribution in [0.25, 0.3) is 0 Å². The summed E-state index contributed by atoms with van der Waals surface area (Å²) in [5.74, 6) is -0.0820. The van der Waals surface area contributed by atoms with Gasteiger partial charge in [0, 0.05) is 22.4 Å². The molecule has 1 unspecified atom stereocenters. The van der Waals surface area contributed by atoms with Crippen molar-refractivity contribution in [1.82, 2.24) is 0 Å². The summed E-state index contributed by atoms with van der Waals surface area (Å²) in [5, 5.41) is 18.0. The first-order valence-electron chi connectivity index (χ1n) is 5.61. The minimum absolute atomic E-state index is 0.135. The van der Waals surface area contributed by atoms with Crippen LogP contribution in [0, 0.1) is 5.82 Å². The molecule has 0 amide bonds. The molecule has 6 heteroatoms. The van der Waals surface area contributed by atoms with Gasteiger partial charge < -0.3 is 20.7 Å². The summed E-state index contributed by atoms with van der Waals surface area (Å²) in [6, 6.07) is 2.71. The highest BCUT2D eigenvalue weighted by molar-refractivity contribution is 7.99. The molecule has 1 aromatic rings. The molecule has 0 saturated heterocycles. The molecule has 0 aliphatic carbocycles. The van der Waals surface area contributed by atoms with Crippen molar-refractivity contribution in [2.75, 3.05) is 18.1 Å². The molecule has 0 aliphatic rings. The van der Waals surface area contributed by atoms with Crippen LogP contribution >= 0.6 is 11.8 Å². The number of benzene rings is 1. The molecule has 4 N–H and O–H groups in total. The largest absolute Gasteiger partial charge is 0.488 e. The third-order valence-corrected chi connectivity index (χ3v) is 3.28. The Morgan fingerprint density at radius 1 is 1.44 bits per heavy atom. The maximum atomic E-state index is 13.6. The van der Waals surface area contributed by atoms with E-state index < -0.39 is 11.9 Å². The molecule has 1 aromatic carbocycles. The van der Waals surface area contributed by atoms with Crippen LogP contribution < -0.4 is 10.5 Å². The molecule has 0 spiro atoms. The molecule has 1 atom stereocenters. The Bertz CT molecular complexity index is 401. The second kappa shape index (κ2) is 6.82. The molecular formula is C12H18FNO3S. The number of nitrogen functional groups attached to an aromatic ring is 1. The second-order valence-electron chi connectivity index (χ2n) is 4.13. The smallest absolute Gasteiger partial charge is 0.167 e. The Balaban J connectivity index is 2.84. The molecule has 4 nitrogen and oxygen atoms in total. The lowest BCUT2D eigenvalue weighted by atomic mass is 10.3. The van der Waals surface area contributed by atoms with Crippen molar-refractivity contribution in [2.45, 2.75) is 31.0 Å². The molecule has 0 saturated carbocycles. The Kier molecular flexibility index (Phi) is 5.71. The summed E-state index contributed by atoms with van der Waals surface area (Å²) in [4.78, 5) is 0.625. The molecule has 0 fully saturated rings. The van der Waals surface area contributed by atoms with Gasteiger partial charge in [-0.3, -0.25) is 0 Å². The van der Waals surface area contributed by atoms with Gasteiger partial charge in [-0.25, -0.2) is 4.39 Å². The number of aliphatic hydroxyl groups is 2. The third kappa shape index (κ3) is 4.36. The lowest BCUT2D eigenvalue weighted by Gasteiger charge is -2.14. The monoisotopic (exact) mass is 275 g/mol. The van der Waals surface area contributed by atoms with Crippen LogP contribution in [0.5, 0.6) is 5.75 Å². The number of aliphatic hydroxyl groups excluding tert-OH is 2. The van der Waals surface area contributed by atoms with Crippen molar-refractivity contribution in [3.8, 4) is 5.75 Å². The van der Waals surface area contributed by atoms with Gasteiger partial charge in [-0.05, 0) is 19.9 Å². The first-order valence-corrected chi connectivity index (χ1v) is 6.60. The van der Waals surface area contributed by atoms with Crippen LogP contribution in [-0.4, -0.2) is 34.8 Å². The average molecular weight is 275 g/mol. The molecule has 0 aliphatic heterocycles. The van der Waals surface area contributed by atoms with E-state index >= 15 is 0 Å². The molecule has 102 valence electrons. The number of anilines is 1. The van der Waals surface area contributed by atoms with Crippen LogP contribution in [0.2, 0.25) is 0 Å². The molecule has 0 bridgehead atoms. The third-order valence-electron chi connectivity index (χ3n) is 2.07. The first-order chi connectivity index (χ1) is 8.43. The number of halogens is 1. The van der Waals surface area contributed by atoms with Crippen molar-refractivity contribution in [3.05, 3.63) is 17.9 Å². The Labute approximate surface area is 110 Å². The lowest BCUT2D eigenvalue weighted by molar-refractivity contribution is 0.113. The fourth-order valence-electron chi connectivity index (χ4n) is 1.26. The topological polar surface area (TPSA) is 75.7 Å². The van der Waals surface area contributed by atoms with Gasteiger partial charge in [0.15, 0.2) is 11.6 Å². The maximum absolute atomic E-state index is 13.6. The number of nitrogens with two attached hydrogens (primary N) is 1. The molecule has 18 heavy (non-hydrogen) atoms. The van der Waals surface area contributed by atoms with Crippen LogP contribution in [0.4, 0.5) is 10.1 Å². The van der Waals surface area contributed by atoms with Gasteiger partial charge in [0.1, 0.15) is 0 Å². The van der Waals surface area contributed by atoms with E-state index in [1.807, 2.05) is 0 Å². The predicted octanol–water partition coefficient (Wildman–Crippen LogP) is 1.64. The molecule has 0 radical (unpaired) electrons. The fourth-order valence-corrected chi connectivity index (χ4v) is 2.15. The zero-order valence-electron chi connectivity index (χ0n) is 10.4. The minimum atomic E-state index is -0.825. The van der Waals surface area contributed by atoms with E-state index in [0.29, 0.717) is 10.6 Å². The summed E-state index contributed by atoms with van der Waals surface area (Å²) in [5.41, 5.74) is 5.98. The van der Waals surface area contributed by atoms with E-state index in [1.165, 1.54) is 23.9 Å². The molecule has 0 heterocycles. The van der Waals surface area contributed by atoms with E-state index in [0.717, 1.165) is 0 Å². The Morgan fingerprint density at radius 2 is 2.11 bits per heavy atom. The zero-order valence-corrected chi connectivity index (χ0v) is 11.2. The number of hydrogen-bond donors (Lipinski definition) is 3. The normalized spacial score (nSPS) is 12.8. The fraction of sp³-hybridized carbons (Fsp3) is 0.500. The van der Waals surface area contributed by atoms with E-state index in [9.17, 15) is 9.50 Å². The van der Waals surface area contributed by atoms with Crippen molar-refractivity contribution in [3.63, 3.8) is 0 Å². The van der Waals surface area contributed by atoms with Crippen molar-refractivity contribution >= 4 is 17.4 Å². The van der Waals surface area contributed by atoms with Crippen molar-refractivity contribution in [2.24, 2.45) is 0 Å². The molecule has 1 rings (SSSR count). The summed E-state index contributed by atoms with van der Waals surface area (Å²) < 4.78 is 18.9. The average Bonchev–Trinajstić information content (AvgIpc) is 2.30. The van der Waals surface area contributed by atoms with E-state index in [2.05, 4.69) is 0 Å². The van der Waals surface area contributed by atoms with Gasteiger partial charge in [0.25, 0.3) is 0 Å². The number of hydrogen-bond acceptors (Lipinski definition) is 5. The number of rotatable bonds is 6. The molecule has 0 aromatic heterocycles. The lowest BCUT2D eigenvalue weighted by Crippen LogP contribution is -2.14. The highest BCUT2D eigenvalue weighted by Gasteiger charge is 2.12. The van der Waals surface area contributed by atoms with E-state index in [4.69, 9.17) is 15.6 Å². The number of ether oxygens (including phenoxy) is 1. The highest BCUT2D eigenvalue weighted by Crippen LogP contribution is 2.32. The zero-order chi connectivity index (χ0) is 13.7. The Morgan fingerprint density at radius 3 is 2.67 bits per heavy atom. The van der Waals surface area contributed by atoms with Gasteiger partial charge in [-0.2, -0.15) is 0 Å². The first kappa shape index (κ1) is 15.1. The van der Waals surface area contributed by atoms with Crippen LogP contribution in [0.1, 0.15) is 13.8 Å². The highest BCUT2D eigenvalue weighted by atomic mass is 32.2. The standard InChI is InChI=1S/C12H18FNO3S/c1-7(2)17-11-4-12(10(14)3-9(11)13)18-6-8(16)5-15/h3-4,7-8,15-16H,5-6,14H2,1-2H3. The van der Waals surface area contributed by atoms with Crippen LogP contribution in [0.3, 0.4) is 0 Å². The van der Waals surface area contributed by atoms with Gasteiger partial charge in [0.05, 0.1) is 18.8 Å². The molecular weight excluding hydrogens is 257 g/mol. The van der Waals surface area contributed by atoms with Crippen LogP contribution in [0.15, 0.2) is 17.0 Å². The van der Waals surface area contributed by atoms with Crippen molar-refractivity contribution < 1.29 is 19.3 Å². The minimum Gasteiger partial charge on any atom is -0.488 e. The maximum Gasteiger partial charge on any atom is 0.167 e. The van der Waals surface area contributed by atoms with Gasteiger partial charge in [0.2, 0.25) is 0 Å². The predicted molar refractivity (Wildman–Crippen MR) is 70.4 cm³/mol. The second-order valence-corrected chi connectivity index (χ2v) is 5.20. The van der Waals surface area contributed by atoms with Gasteiger partial charge >= 0.3 is 0 Å². The van der Waals surface area contributed by atoms with E-state index in [1.54, 1.807) is 13.8 Å². The summed E-state index contributed by atoms with van der Waals surface area (Å²) in [6.45, 7) is 3.29. The summed E-state index contributed by atoms with van der Waals surface area (Å²) in [6.07, 6.45) is -0.960. The van der Waals surface area contributed by atoms with Crippen LogP contribution in [-0.2, 0) is 0 Å². The van der Waals surface area contributed by atoms with Crippen molar-refractivity contribution in [1.29, 1.82) is 0 Å². The van der Waals surface area contributed by atoms with Gasteiger partial charge in [-0.1, -0.05) is 0 Å².